The van der Waals surface area contributed by atoms with Gasteiger partial charge >= 0.3 is 0 Å². The van der Waals surface area contributed by atoms with Gasteiger partial charge < -0.3 is 5.11 Å². The zero-order chi connectivity index (χ0) is 14.1. The van der Waals surface area contributed by atoms with Gasteiger partial charge in [-0.15, -0.1) is 23.2 Å². The Morgan fingerprint density at radius 3 is 2.32 bits per heavy atom. The predicted molar refractivity (Wildman–Crippen MR) is 72.6 cm³/mol. The molecule has 0 saturated carbocycles. The molecule has 102 valence electrons. The van der Waals surface area contributed by atoms with Gasteiger partial charge in [-0.3, -0.25) is 0 Å². The summed E-state index contributed by atoms with van der Waals surface area (Å²) in [6.07, 6.45) is 2.72. The first-order chi connectivity index (χ1) is 8.86. The second-order valence-electron chi connectivity index (χ2n) is 4.39. The third kappa shape index (κ3) is 2.83. The van der Waals surface area contributed by atoms with Crippen molar-refractivity contribution in [3.05, 3.63) is 59.7 Å². The van der Waals surface area contributed by atoms with Crippen molar-refractivity contribution in [3.63, 3.8) is 0 Å². The van der Waals surface area contributed by atoms with Crippen molar-refractivity contribution in [2.75, 3.05) is 0 Å². The molecule has 0 amide bonds. The van der Waals surface area contributed by atoms with E-state index in [0.717, 1.165) is 6.08 Å². The van der Waals surface area contributed by atoms with E-state index in [1.807, 2.05) is 0 Å². The van der Waals surface area contributed by atoms with Crippen molar-refractivity contribution in [1.29, 1.82) is 0 Å². The van der Waals surface area contributed by atoms with Crippen molar-refractivity contribution in [1.82, 2.24) is 0 Å². The second-order valence-corrected chi connectivity index (χ2v) is 5.49. The lowest BCUT2D eigenvalue weighted by Crippen LogP contribution is -2.36. The molecule has 0 radical (unpaired) electrons. The van der Waals surface area contributed by atoms with E-state index in [1.54, 1.807) is 30.3 Å². The summed E-state index contributed by atoms with van der Waals surface area (Å²) in [6.45, 7) is 0. The van der Waals surface area contributed by atoms with E-state index >= 15 is 0 Å². The first kappa shape index (κ1) is 14.5. The van der Waals surface area contributed by atoms with Gasteiger partial charge in [0.2, 0.25) is 0 Å². The van der Waals surface area contributed by atoms with Crippen LogP contribution in [0.25, 0.3) is 0 Å². The maximum atomic E-state index is 13.1. The van der Waals surface area contributed by atoms with Gasteiger partial charge in [0.15, 0.2) is 0 Å². The van der Waals surface area contributed by atoms with E-state index in [2.05, 4.69) is 0 Å². The number of allylic oxidation sites excluding steroid dienone is 2. The van der Waals surface area contributed by atoms with Crippen molar-refractivity contribution in [2.45, 2.75) is 22.8 Å². The largest absolute Gasteiger partial charge is 0.378 e. The Morgan fingerprint density at radius 1 is 1.21 bits per heavy atom. The molecule has 19 heavy (non-hydrogen) atoms. The van der Waals surface area contributed by atoms with Crippen LogP contribution in [0.5, 0.6) is 0 Å². The first-order valence-corrected chi connectivity index (χ1v) is 6.57. The van der Waals surface area contributed by atoms with Crippen LogP contribution in [0.2, 0.25) is 0 Å². The maximum absolute atomic E-state index is 13.1. The summed E-state index contributed by atoms with van der Waals surface area (Å²) in [5.41, 5.74) is -0.956. The van der Waals surface area contributed by atoms with E-state index in [9.17, 15) is 13.9 Å². The molecule has 1 unspecified atom stereocenters. The molecule has 0 bridgehead atoms. The Kier molecular flexibility index (Phi) is 4.00. The van der Waals surface area contributed by atoms with Crippen LogP contribution in [0.3, 0.4) is 0 Å². The third-order valence-electron chi connectivity index (χ3n) is 3.07. The molecule has 0 aliphatic heterocycles. The van der Waals surface area contributed by atoms with Gasteiger partial charge in [0.25, 0.3) is 5.92 Å². The summed E-state index contributed by atoms with van der Waals surface area (Å²) in [7, 11) is 0. The van der Waals surface area contributed by atoms with Gasteiger partial charge in [0.05, 0.1) is 0 Å². The summed E-state index contributed by atoms with van der Waals surface area (Å²) in [4.78, 5) is -1.17. The van der Waals surface area contributed by atoms with Crippen LogP contribution in [0.1, 0.15) is 12.0 Å². The topological polar surface area (TPSA) is 20.2 Å². The van der Waals surface area contributed by atoms with Crippen LogP contribution in [-0.4, -0.2) is 15.9 Å². The van der Waals surface area contributed by atoms with Crippen molar-refractivity contribution >= 4 is 23.2 Å². The van der Waals surface area contributed by atoms with Gasteiger partial charge in [-0.25, -0.2) is 8.78 Å². The average Bonchev–Trinajstić information content (AvgIpc) is 2.38. The highest BCUT2D eigenvalue weighted by atomic mass is 35.5. The summed E-state index contributed by atoms with van der Waals surface area (Å²) in [6, 6.07) is 8.52. The van der Waals surface area contributed by atoms with E-state index in [1.165, 1.54) is 12.2 Å². The van der Waals surface area contributed by atoms with Crippen LogP contribution in [0.4, 0.5) is 8.78 Å². The Balaban J connectivity index is 2.43. The number of halogens is 4. The number of hydrogen-bond donors (Lipinski definition) is 1. The monoisotopic (exact) mass is 304 g/mol. The minimum Gasteiger partial charge on any atom is -0.378 e. The number of alkyl halides is 4. The first-order valence-electron chi connectivity index (χ1n) is 5.70. The Morgan fingerprint density at radius 2 is 1.84 bits per heavy atom. The van der Waals surface area contributed by atoms with Crippen LogP contribution >= 0.6 is 23.2 Å². The fraction of sp³-hybridized carbons (Fsp3) is 0.286. The molecule has 1 N–H and O–H groups in total. The molecule has 1 nitrogen and oxygen atoms in total. The molecule has 1 aliphatic rings. The minimum absolute atomic E-state index is 0.277. The lowest BCUT2D eigenvalue weighted by molar-refractivity contribution is 0.0517. The molecular weight excluding hydrogens is 293 g/mol. The molecule has 0 aromatic heterocycles. The van der Waals surface area contributed by atoms with Gasteiger partial charge in [0, 0.05) is 6.42 Å². The van der Waals surface area contributed by atoms with Crippen LogP contribution in [-0.2, 0) is 5.60 Å². The second kappa shape index (κ2) is 5.23. The normalized spacial score (nSPS) is 21.1. The van der Waals surface area contributed by atoms with Crippen LogP contribution < -0.4 is 0 Å². The molecule has 0 heterocycles. The number of rotatable bonds is 3. The number of aliphatic hydroxyl groups is 1. The van der Waals surface area contributed by atoms with Crippen molar-refractivity contribution in [2.24, 2.45) is 0 Å². The summed E-state index contributed by atoms with van der Waals surface area (Å²) >= 11 is 11.8. The van der Waals surface area contributed by atoms with Crippen LogP contribution in [0, 0.1) is 0 Å². The lowest BCUT2D eigenvalue weighted by atomic mass is 9.84. The highest BCUT2D eigenvalue weighted by molar-refractivity contribution is 6.45. The predicted octanol–water partition coefficient (Wildman–Crippen LogP) is 4.20. The van der Waals surface area contributed by atoms with Crippen LogP contribution in [0.15, 0.2) is 54.1 Å². The van der Waals surface area contributed by atoms with E-state index in [-0.39, 0.29) is 5.57 Å². The highest BCUT2D eigenvalue weighted by Crippen LogP contribution is 2.41. The SMILES string of the molecule is OC(C1=CCC(F)(F)C=C1)(c1ccccc1)C(Cl)Cl. The summed E-state index contributed by atoms with van der Waals surface area (Å²) in [5, 5.41) is 10.7. The Labute approximate surface area is 120 Å². The third-order valence-corrected chi connectivity index (χ3v) is 3.70. The minimum atomic E-state index is -2.89. The molecule has 0 saturated heterocycles. The maximum Gasteiger partial charge on any atom is 0.270 e. The number of benzene rings is 1. The summed E-state index contributed by atoms with van der Waals surface area (Å²) in [5.74, 6) is -2.89. The quantitative estimate of drug-likeness (QED) is 0.830. The fourth-order valence-corrected chi connectivity index (χ4v) is 2.49. The zero-order valence-electron chi connectivity index (χ0n) is 9.86. The highest BCUT2D eigenvalue weighted by Gasteiger charge is 2.41. The summed E-state index contributed by atoms with van der Waals surface area (Å²) < 4.78 is 26.2. The van der Waals surface area contributed by atoms with Gasteiger partial charge in [0.1, 0.15) is 10.4 Å². The molecule has 1 aromatic carbocycles. The van der Waals surface area contributed by atoms with Gasteiger partial charge in [-0.2, -0.15) is 0 Å². The zero-order valence-corrected chi connectivity index (χ0v) is 11.4. The van der Waals surface area contributed by atoms with Crippen molar-refractivity contribution < 1.29 is 13.9 Å². The number of hydrogen-bond acceptors (Lipinski definition) is 1. The smallest absolute Gasteiger partial charge is 0.270 e. The van der Waals surface area contributed by atoms with Crippen molar-refractivity contribution in [3.8, 4) is 0 Å². The molecule has 2 rings (SSSR count). The van der Waals surface area contributed by atoms with E-state index in [4.69, 9.17) is 23.2 Å². The molecule has 5 heteroatoms. The van der Waals surface area contributed by atoms with Gasteiger partial charge in [-0.05, 0) is 17.2 Å². The molecule has 0 spiro atoms. The molecule has 1 atom stereocenters. The average molecular weight is 305 g/mol. The molecule has 1 aliphatic carbocycles. The van der Waals surface area contributed by atoms with E-state index < -0.39 is 22.8 Å². The molecular formula is C14H12Cl2F2O. The molecule has 1 aromatic rings. The lowest BCUT2D eigenvalue weighted by Gasteiger charge is -2.33. The molecule has 0 fully saturated rings. The Hall–Kier alpha value is -0.900. The standard InChI is InChI=1S/C14H12Cl2F2O/c15-12(16)14(19,10-4-2-1-3-5-10)11-6-8-13(17,18)9-7-11/h1-8,12,19H,9H2. The van der Waals surface area contributed by atoms with Gasteiger partial charge in [-0.1, -0.05) is 42.5 Å². The van der Waals surface area contributed by atoms with E-state index in [0.29, 0.717) is 5.56 Å². The Bertz CT molecular complexity index is 511. The fourth-order valence-electron chi connectivity index (χ4n) is 1.99.